The average Bonchev–Trinajstić information content (AvgIpc) is 2.48. The number of amides is 1. The highest BCUT2D eigenvalue weighted by atomic mass is 16.4. The van der Waals surface area contributed by atoms with Gasteiger partial charge in [-0.2, -0.15) is 0 Å². The quantitative estimate of drug-likeness (QED) is 0.716. The Kier molecular flexibility index (Phi) is 6.39. The van der Waals surface area contributed by atoms with Crippen LogP contribution in [0, 0.1) is 0 Å². The molecule has 21 heavy (non-hydrogen) atoms. The largest absolute Gasteiger partial charge is 0.480 e. The first-order chi connectivity index (χ1) is 10.0. The van der Waals surface area contributed by atoms with E-state index in [0.29, 0.717) is 24.5 Å². The summed E-state index contributed by atoms with van der Waals surface area (Å²) in [6, 6.07) is 2.43. The summed E-state index contributed by atoms with van der Waals surface area (Å²) in [5, 5.41) is 12.0. The van der Waals surface area contributed by atoms with Crippen LogP contribution in [0.25, 0.3) is 0 Å². The molecular formula is C15H21N3O3. The van der Waals surface area contributed by atoms with Gasteiger partial charge in [0.15, 0.2) is 0 Å². The molecule has 2 N–H and O–H groups in total. The van der Waals surface area contributed by atoms with E-state index in [-0.39, 0.29) is 12.3 Å². The van der Waals surface area contributed by atoms with E-state index in [4.69, 9.17) is 5.11 Å². The average molecular weight is 291 g/mol. The molecule has 0 radical (unpaired) electrons. The molecule has 1 aromatic rings. The SMILES string of the molecule is C=CCC(Nc1ccnc(C(=O)N(CC)CC)c1)C(=O)O. The zero-order valence-electron chi connectivity index (χ0n) is 12.4. The summed E-state index contributed by atoms with van der Waals surface area (Å²) < 4.78 is 0. The second-order valence-electron chi connectivity index (χ2n) is 4.47. The third kappa shape index (κ3) is 4.59. The lowest BCUT2D eigenvalue weighted by molar-refractivity contribution is -0.137. The molecule has 1 rings (SSSR count). The Labute approximate surface area is 124 Å². The van der Waals surface area contributed by atoms with E-state index in [1.807, 2.05) is 13.8 Å². The van der Waals surface area contributed by atoms with E-state index in [1.165, 1.54) is 12.3 Å². The monoisotopic (exact) mass is 291 g/mol. The third-order valence-electron chi connectivity index (χ3n) is 3.07. The van der Waals surface area contributed by atoms with Crippen LogP contribution in [-0.2, 0) is 4.79 Å². The van der Waals surface area contributed by atoms with Gasteiger partial charge >= 0.3 is 5.97 Å². The van der Waals surface area contributed by atoms with E-state index in [1.54, 1.807) is 17.0 Å². The van der Waals surface area contributed by atoms with Crippen molar-refractivity contribution in [2.75, 3.05) is 18.4 Å². The number of pyridine rings is 1. The van der Waals surface area contributed by atoms with E-state index >= 15 is 0 Å². The summed E-state index contributed by atoms with van der Waals surface area (Å²) in [4.78, 5) is 29.0. The molecule has 6 heteroatoms. The van der Waals surface area contributed by atoms with E-state index in [2.05, 4.69) is 16.9 Å². The lowest BCUT2D eigenvalue weighted by Crippen LogP contribution is -2.31. The van der Waals surface area contributed by atoms with Crippen LogP contribution in [-0.4, -0.2) is 46.0 Å². The zero-order chi connectivity index (χ0) is 15.8. The molecular weight excluding hydrogens is 270 g/mol. The second kappa shape index (κ2) is 8.04. The van der Waals surface area contributed by atoms with Crippen molar-refractivity contribution in [3.63, 3.8) is 0 Å². The lowest BCUT2D eigenvalue weighted by Gasteiger charge is -2.19. The predicted octanol–water partition coefficient (Wildman–Crippen LogP) is 2.00. The number of carboxylic acids is 1. The van der Waals surface area contributed by atoms with Crippen molar-refractivity contribution >= 4 is 17.6 Å². The van der Waals surface area contributed by atoms with E-state index in [9.17, 15) is 9.59 Å². The summed E-state index contributed by atoms with van der Waals surface area (Å²) >= 11 is 0. The number of aliphatic carboxylic acids is 1. The van der Waals surface area contributed by atoms with Gasteiger partial charge in [-0.15, -0.1) is 6.58 Å². The van der Waals surface area contributed by atoms with Crippen LogP contribution in [0.4, 0.5) is 5.69 Å². The molecule has 114 valence electrons. The van der Waals surface area contributed by atoms with E-state index in [0.717, 1.165) is 0 Å². The molecule has 6 nitrogen and oxygen atoms in total. The third-order valence-corrected chi connectivity index (χ3v) is 3.07. The number of anilines is 1. The first kappa shape index (κ1) is 16.7. The molecule has 1 amide bonds. The van der Waals surface area contributed by atoms with Crippen LogP contribution in [0.5, 0.6) is 0 Å². The van der Waals surface area contributed by atoms with Crippen molar-refractivity contribution in [3.05, 3.63) is 36.7 Å². The molecule has 0 aliphatic carbocycles. The topological polar surface area (TPSA) is 82.5 Å². The zero-order valence-corrected chi connectivity index (χ0v) is 12.4. The lowest BCUT2D eigenvalue weighted by atomic mass is 10.2. The van der Waals surface area contributed by atoms with Crippen LogP contribution in [0.3, 0.4) is 0 Å². The number of carbonyl (C=O) groups is 2. The molecule has 1 heterocycles. The Morgan fingerprint density at radius 1 is 1.48 bits per heavy atom. The number of nitrogens with zero attached hydrogens (tertiary/aromatic N) is 2. The maximum absolute atomic E-state index is 12.2. The summed E-state index contributed by atoms with van der Waals surface area (Å²) in [5.74, 6) is -1.14. The molecule has 0 aliphatic heterocycles. The van der Waals surface area contributed by atoms with Crippen LogP contribution in [0.15, 0.2) is 31.0 Å². The van der Waals surface area contributed by atoms with Crippen molar-refractivity contribution in [2.24, 2.45) is 0 Å². The smallest absolute Gasteiger partial charge is 0.326 e. The molecule has 1 atom stereocenters. The number of rotatable bonds is 8. The van der Waals surface area contributed by atoms with Crippen molar-refractivity contribution in [1.29, 1.82) is 0 Å². The van der Waals surface area contributed by atoms with Gasteiger partial charge in [-0.3, -0.25) is 9.78 Å². The Hall–Kier alpha value is -2.37. The Morgan fingerprint density at radius 3 is 2.67 bits per heavy atom. The van der Waals surface area contributed by atoms with Crippen molar-refractivity contribution < 1.29 is 14.7 Å². The Morgan fingerprint density at radius 2 is 2.14 bits per heavy atom. The minimum absolute atomic E-state index is 0.167. The molecule has 0 spiro atoms. The number of nitrogens with one attached hydrogen (secondary N) is 1. The van der Waals surface area contributed by atoms with Crippen LogP contribution < -0.4 is 5.32 Å². The summed E-state index contributed by atoms with van der Waals surface area (Å²) in [6.45, 7) is 8.53. The Balaban J connectivity index is 2.92. The highest BCUT2D eigenvalue weighted by Crippen LogP contribution is 2.13. The number of carboxylic acid groups (broad SMARTS) is 1. The summed E-state index contributed by atoms with van der Waals surface area (Å²) in [7, 11) is 0. The van der Waals surface area contributed by atoms with Crippen molar-refractivity contribution in [1.82, 2.24) is 9.88 Å². The van der Waals surface area contributed by atoms with Gasteiger partial charge in [0, 0.05) is 25.0 Å². The maximum Gasteiger partial charge on any atom is 0.326 e. The number of aromatic nitrogens is 1. The van der Waals surface area contributed by atoms with Crippen LogP contribution >= 0.6 is 0 Å². The standard InChI is InChI=1S/C15H21N3O3/c1-4-7-12(15(20)21)17-11-8-9-16-13(10-11)14(19)18(5-2)6-3/h4,8-10,12H,1,5-7H2,2-3H3,(H,16,17)(H,20,21). The van der Waals surface area contributed by atoms with Gasteiger partial charge in [-0.05, 0) is 32.4 Å². The van der Waals surface area contributed by atoms with Gasteiger partial charge in [0.1, 0.15) is 11.7 Å². The first-order valence-electron chi connectivity index (χ1n) is 6.89. The summed E-state index contributed by atoms with van der Waals surface area (Å²) in [5.41, 5.74) is 0.848. The van der Waals surface area contributed by atoms with Gasteiger partial charge < -0.3 is 15.3 Å². The fraction of sp³-hybridized carbons (Fsp3) is 0.400. The molecule has 1 unspecified atom stereocenters. The number of carbonyl (C=O) groups excluding carboxylic acids is 1. The highest BCUT2D eigenvalue weighted by molar-refractivity contribution is 5.93. The van der Waals surface area contributed by atoms with Crippen molar-refractivity contribution in [3.8, 4) is 0 Å². The Bertz CT molecular complexity index is 513. The van der Waals surface area contributed by atoms with Crippen LogP contribution in [0.1, 0.15) is 30.8 Å². The fourth-order valence-corrected chi connectivity index (χ4v) is 1.90. The van der Waals surface area contributed by atoms with Gasteiger partial charge in [-0.1, -0.05) is 6.08 Å². The number of hydrogen-bond acceptors (Lipinski definition) is 4. The summed E-state index contributed by atoms with van der Waals surface area (Å²) in [6.07, 6.45) is 3.32. The van der Waals surface area contributed by atoms with Gasteiger partial charge in [-0.25, -0.2) is 4.79 Å². The van der Waals surface area contributed by atoms with Gasteiger partial charge in [0.25, 0.3) is 5.91 Å². The van der Waals surface area contributed by atoms with Crippen LogP contribution in [0.2, 0.25) is 0 Å². The molecule has 0 saturated heterocycles. The predicted molar refractivity (Wildman–Crippen MR) is 81.3 cm³/mol. The molecule has 0 aliphatic rings. The van der Waals surface area contributed by atoms with Gasteiger partial charge in [0.2, 0.25) is 0 Å². The molecule has 1 aromatic heterocycles. The van der Waals surface area contributed by atoms with Gasteiger partial charge in [0.05, 0.1) is 0 Å². The first-order valence-corrected chi connectivity index (χ1v) is 6.89. The van der Waals surface area contributed by atoms with Crippen molar-refractivity contribution in [2.45, 2.75) is 26.3 Å². The minimum Gasteiger partial charge on any atom is -0.480 e. The fourth-order valence-electron chi connectivity index (χ4n) is 1.90. The highest BCUT2D eigenvalue weighted by Gasteiger charge is 2.17. The molecule has 0 bridgehead atoms. The normalized spacial score (nSPS) is 11.5. The molecule has 0 aromatic carbocycles. The number of hydrogen-bond donors (Lipinski definition) is 2. The van der Waals surface area contributed by atoms with E-state index < -0.39 is 12.0 Å². The second-order valence-corrected chi connectivity index (χ2v) is 4.47. The maximum atomic E-state index is 12.2. The minimum atomic E-state index is -0.969. The molecule has 0 saturated carbocycles. The molecule has 0 fully saturated rings.